The topological polar surface area (TPSA) is 60.2 Å². The highest BCUT2D eigenvalue weighted by atomic mass is 35.5. The van der Waals surface area contributed by atoms with Gasteiger partial charge in [-0.25, -0.2) is 8.42 Å². The molecule has 0 atom stereocenters. The number of hydrogen-bond acceptors (Lipinski definition) is 4. The smallest absolute Gasteiger partial charge is 0.179 e. The molecule has 2 aromatic rings. The molecule has 21 heavy (non-hydrogen) atoms. The van der Waals surface area contributed by atoms with Gasteiger partial charge in [-0.15, -0.1) is 11.8 Å². The molecule has 112 valence electrons. The number of benzene rings is 2. The lowest BCUT2D eigenvalue weighted by Gasteiger charge is -2.06. The first-order chi connectivity index (χ1) is 9.88. The molecule has 0 aliphatic rings. The maximum absolute atomic E-state index is 12.2. The number of rotatable bonds is 5. The third kappa shape index (κ3) is 4.54. The Morgan fingerprint density at radius 3 is 2.33 bits per heavy atom. The minimum Gasteiger partial charge on any atom is -0.399 e. The second kappa shape index (κ2) is 6.92. The van der Waals surface area contributed by atoms with Crippen LogP contribution in [0.5, 0.6) is 0 Å². The van der Waals surface area contributed by atoms with E-state index >= 15 is 0 Å². The van der Waals surface area contributed by atoms with Gasteiger partial charge >= 0.3 is 0 Å². The van der Waals surface area contributed by atoms with E-state index in [1.165, 1.54) is 23.9 Å². The first-order valence-electron chi connectivity index (χ1n) is 6.04. The number of sulfone groups is 1. The number of nitrogen functional groups attached to an aromatic ring is 1. The van der Waals surface area contributed by atoms with Crippen molar-refractivity contribution in [1.29, 1.82) is 0 Å². The van der Waals surface area contributed by atoms with Crippen LogP contribution in [0.1, 0.15) is 0 Å². The van der Waals surface area contributed by atoms with Crippen LogP contribution in [0.2, 0.25) is 10.0 Å². The number of nitrogens with two attached hydrogens (primary N) is 1. The summed E-state index contributed by atoms with van der Waals surface area (Å²) in [5, 5.41) is 1.04. The maximum Gasteiger partial charge on any atom is 0.179 e. The lowest BCUT2D eigenvalue weighted by Crippen LogP contribution is -2.08. The maximum atomic E-state index is 12.2. The molecular formula is C14H13Cl2NO2S2. The van der Waals surface area contributed by atoms with Gasteiger partial charge in [-0.3, -0.25) is 0 Å². The summed E-state index contributed by atoms with van der Waals surface area (Å²) in [5.41, 5.74) is 6.19. The lowest BCUT2D eigenvalue weighted by atomic mass is 10.3. The lowest BCUT2D eigenvalue weighted by molar-refractivity contribution is 0.597. The number of thioether (sulfide) groups is 1. The van der Waals surface area contributed by atoms with Crippen LogP contribution in [0, 0.1) is 0 Å². The summed E-state index contributed by atoms with van der Waals surface area (Å²) in [6.07, 6.45) is 0. The summed E-state index contributed by atoms with van der Waals surface area (Å²) in [6.45, 7) is 0. The molecule has 0 aromatic heterocycles. The monoisotopic (exact) mass is 361 g/mol. The molecule has 0 unspecified atom stereocenters. The van der Waals surface area contributed by atoms with Crippen LogP contribution >= 0.6 is 35.0 Å². The molecule has 0 amide bonds. The first-order valence-corrected chi connectivity index (χ1v) is 9.44. The summed E-state index contributed by atoms with van der Waals surface area (Å²) in [4.78, 5) is 1.09. The molecule has 0 saturated heterocycles. The summed E-state index contributed by atoms with van der Waals surface area (Å²) in [6, 6.07) is 11.3. The molecule has 0 saturated carbocycles. The largest absolute Gasteiger partial charge is 0.399 e. The molecule has 0 aliphatic carbocycles. The fourth-order valence-electron chi connectivity index (χ4n) is 1.66. The fourth-order valence-corrected chi connectivity index (χ4v) is 4.71. The predicted molar refractivity (Wildman–Crippen MR) is 90.1 cm³/mol. The van der Waals surface area contributed by atoms with Crippen molar-refractivity contribution in [3.8, 4) is 0 Å². The third-order valence-electron chi connectivity index (χ3n) is 2.74. The van der Waals surface area contributed by atoms with Crippen LogP contribution in [0.3, 0.4) is 0 Å². The quantitative estimate of drug-likeness (QED) is 0.641. The minimum absolute atomic E-state index is 0.0278. The predicted octanol–water partition coefficient (Wildman–Crippen LogP) is 4.14. The summed E-state index contributed by atoms with van der Waals surface area (Å²) >= 11 is 13.2. The van der Waals surface area contributed by atoms with Gasteiger partial charge in [0.2, 0.25) is 0 Å². The van der Waals surface area contributed by atoms with Crippen LogP contribution in [-0.4, -0.2) is 19.9 Å². The van der Waals surface area contributed by atoms with Crippen molar-refractivity contribution in [2.75, 3.05) is 17.2 Å². The van der Waals surface area contributed by atoms with Crippen molar-refractivity contribution in [2.45, 2.75) is 9.79 Å². The van der Waals surface area contributed by atoms with E-state index in [0.717, 1.165) is 4.90 Å². The molecule has 0 bridgehead atoms. The second-order valence-corrected chi connectivity index (χ2v) is 8.40. The van der Waals surface area contributed by atoms with Crippen molar-refractivity contribution in [2.24, 2.45) is 0 Å². The zero-order chi connectivity index (χ0) is 15.5. The standard InChI is InChI=1S/C14H13Cl2NO2S2/c15-10-1-4-12(5-2-10)21(18,19)8-7-20-14-6-3-11(17)9-13(14)16/h1-6,9H,7-8,17H2. The second-order valence-electron chi connectivity index (χ2n) is 4.31. The molecule has 0 aliphatic heterocycles. The van der Waals surface area contributed by atoms with E-state index in [-0.39, 0.29) is 10.6 Å². The van der Waals surface area contributed by atoms with E-state index in [0.29, 0.717) is 21.5 Å². The summed E-state index contributed by atoms with van der Waals surface area (Å²) < 4.78 is 24.3. The van der Waals surface area contributed by atoms with Gasteiger partial charge in [0.1, 0.15) is 0 Å². The molecular weight excluding hydrogens is 349 g/mol. The van der Waals surface area contributed by atoms with E-state index in [1.807, 2.05) is 0 Å². The molecule has 3 nitrogen and oxygen atoms in total. The van der Waals surface area contributed by atoms with Crippen molar-refractivity contribution >= 4 is 50.5 Å². The number of anilines is 1. The molecule has 0 heterocycles. The van der Waals surface area contributed by atoms with Crippen molar-refractivity contribution < 1.29 is 8.42 Å². The highest BCUT2D eigenvalue weighted by Gasteiger charge is 2.14. The Balaban J connectivity index is 2.00. The molecule has 2 aromatic carbocycles. The Hall–Kier alpha value is -0.880. The van der Waals surface area contributed by atoms with Gasteiger partial charge in [0, 0.05) is 21.4 Å². The van der Waals surface area contributed by atoms with E-state index < -0.39 is 9.84 Å². The Morgan fingerprint density at radius 2 is 1.71 bits per heavy atom. The Labute approximate surface area is 138 Å². The molecule has 0 fully saturated rings. The molecule has 0 radical (unpaired) electrons. The minimum atomic E-state index is -3.32. The summed E-state index contributed by atoms with van der Waals surface area (Å²) in [5.74, 6) is 0.439. The first kappa shape index (κ1) is 16.5. The molecule has 0 spiro atoms. The average molecular weight is 362 g/mol. The van der Waals surface area contributed by atoms with Gasteiger partial charge < -0.3 is 5.73 Å². The Morgan fingerprint density at radius 1 is 1.05 bits per heavy atom. The van der Waals surface area contributed by atoms with Gasteiger partial charge in [-0.2, -0.15) is 0 Å². The van der Waals surface area contributed by atoms with Crippen LogP contribution < -0.4 is 5.73 Å². The van der Waals surface area contributed by atoms with Gasteiger partial charge in [-0.1, -0.05) is 23.2 Å². The fraction of sp³-hybridized carbons (Fsp3) is 0.143. The number of halogens is 2. The molecule has 7 heteroatoms. The highest BCUT2D eigenvalue weighted by Crippen LogP contribution is 2.29. The van der Waals surface area contributed by atoms with E-state index in [9.17, 15) is 8.42 Å². The SMILES string of the molecule is Nc1ccc(SCCS(=O)(=O)c2ccc(Cl)cc2)c(Cl)c1. The Bertz CT molecular complexity index is 731. The van der Waals surface area contributed by atoms with Gasteiger partial charge in [0.15, 0.2) is 9.84 Å². The van der Waals surface area contributed by atoms with Crippen LogP contribution in [0.15, 0.2) is 52.3 Å². The molecule has 2 rings (SSSR count). The van der Waals surface area contributed by atoms with Crippen LogP contribution in [0.25, 0.3) is 0 Å². The normalized spacial score (nSPS) is 11.5. The third-order valence-corrected chi connectivity index (χ3v) is 6.48. The van der Waals surface area contributed by atoms with Crippen LogP contribution in [-0.2, 0) is 9.84 Å². The number of hydrogen-bond donors (Lipinski definition) is 1. The van der Waals surface area contributed by atoms with Gasteiger partial charge in [0.25, 0.3) is 0 Å². The molecule has 2 N–H and O–H groups in total. The average Bonchev–Trinajstić information content (AvgIpc) is 2.41. The van der Waals surface area contributed by atoms with Crippen LogP contribution in [0.4, 0.5) is 5.69 Å². The van der Waals surface area contributed by atoms with E-state index in [1.54, 1.807) is 30.3 Å². The van der Waals surface area contributed by atoms with E-state index in [2.05, 4.69) is 0 Å². The van der Waals surface area contributed by atoms with Crippen molar-refractivity contribution in [3.05, 3.63) is 52.5 Å². The Kier molecular flexibility index (Phi) is 5.43. The van der Waals surface area contributed by atoms with Crippen molar-refractivity contribution in [1.82, 2.24) is 0 Å². The zero-order valence-electron chi connectivity index (χ0n) is 10.9. The van der Waals surface area contributed by atoms with Gasteiger partial charge in [-0.05, 0) is 42.5 Å². The highest BCUT2D eigenvalue weighted by molar-refractivity contribution is 8.00. The van der Waals surface area contributed by atoms with Crippen molar-refractivity contribution in [3.63, 3.8) is 0 Å². The van der Waals surface area contributed by atoms with Gasteiger partial charge in [0.05, 0.1) is 15.7 Å². The zero-order valence-corrected chi connectivity index (χ0v) is 14.1. The summed E-state index contributed by atoms with van der Waals surface area (Å²) in [7, 11) is -3.32. The van der Waals surface area contributed by atoms with E-state index in [4.69, 9.17) is 28.9 Å².